The SMILES string of the molecule is CCCc1ccc(-c2ccc3c(c2)CCC(c2ccc(F)c(F)c2)C3)cc1.CCCc1ccc(B(O)O)cc1.Fc1ccc(C2CCc3cc(Br)ccc3C2)cc1F. The lowest BCUT2D eigenvalue weighted by atomic mass is 9.79. The second-order valence-corrected chi connectivity index (χ2v) is 16.4. The summed E-state index contributed by atoms with van der Waals surface area (Å²) >= 11 is 3.48. The lowest BCUT2D eigenvalue weighted by molar-refractivity contribution is 0.426. The van der Waals surface area contributed by atoms with Crippen molar-refractivity contribution in [3.05, 3.63) is 194 Å². The van der Waals surface area contributed by atoms with E-state index in [-0.39, 0.29) is 11.8 Å². The molecule has 0 radical (unpaired) electrons. The number of fused-ring (bicyclic) bond motifs is 2. The fourth-order valence-electron chi connectivity index (χ4n) is 8.06. The maximum Gasteiger partial charge on any atom is 0.488 e. The molecule has 0 spiro atoms. The summed E-state index contributed by atoms with van der Waals surface area (Å²) in [6.45, 7) is 4.32. The zero-order valence-electron chi connectivity index (χ0n) is 33.1. The molecule has 6 aromatic carbocycles. The first-order valence-electron chi connectivity index (χ1n) is 20.3. The number of halogens is 5. The summed E-state index contributed by atoms with van der Waals surface area (Å²) in [5.74, 6) is -2.51. The molecule has 0 bridgehead atoms. The van der Waals surface area contributed by atoms with Crippen molar-refractivity contribution in [2.45, 2.75) is 89.9 Å². The van der Waals surface area contributed by atoms with Crippen LogP contribution in [0.25, 0.3) is 11.1 Å². The van der Waals surface area contributed by atoms with Crippen LogP contribution in [0.4, 0.5) is 17.6 Å². The second kappa shape index (κ2) is 20.5. The third-order valence-corrected chi connectivity index (χ3v) is 11.8. The number of benzene rings is 6. The summed E-state index contributed by atoms with van der Waals surface area (Å²) < 4.78 is 54.1. The largest absolute Gasteiger partial charge is 0.488 e. The number of aryl methyl sites for hydroxylation is 4. The Morgan fingerprint density at radius 3 is 1.47 bits per heavy atom. The van der Waals surface area contributed by atoms with Gasteiger partial charge in [-0.2, -0.15) is 0 Å². The third kappa shape index (κ3) is 11.4. The first kappa shape index (κ1) is 43.1. The van der Waals surface area contributed by atoms with Crippen molar-refractivity contribution in [2.75, 3.05) is 0 Å². The van der Waals surface area contributed by atoms with Gasteiger partial charge in [0, 0.05) is 4.47 Å². The van der Waals surface area contributed by atoms with E-state index < -0.39 is 30.4 Å². The van der Waals surface area contributed by atoms with Crippen LogP contribution in [-0.4, -0.2) is 17.2 Å². The molecule has 2 atom stereocenters. The zero-order chi connectivity index (χ0) is 41.2. The van der Waals surface area contributed by atoms with E-state index in [1.807, 2.05) is 18.2 Å². The molecular formula is C50H50BBrF4O2. The Labute approximate surface area is 349 Å². The zero-order valence-corrected chi connectivity index (χ0v) is 34.7. The molecule has 0 saturated carbocycles. The molecule has 2 aliphatic rings. The Hall–Kier alpha value is -4.50. The van der Waals surface area contributed by atoms with Crippen LogP contribution >= 0.6 is 15.9 Å². The van der Waals surface area contributed by atoms with Crippen molar-refractivity contribution in [3.8, 4) is 11.1 Å². The van der Waals surface area contributed by atoms with Gasteiger partial charge in [-0.3, -0.25) is 0 Å². The maximum absolute atomic E-state index is 13.6. The minimum atomic E-state index is -1.35. The average Bonchev–Trinajstić information content (AvgIpc) is 3.23. The van der Waals surface area contributed by atoms with E-state index in [9.17, 15) is 17.6 Å². The summed E-state index contributed by atoms with van der Waals surface area (Å²) in [4.78, 5) is 0. The number of hydrogen-bond donors (Lipinski definition) is 2. The molecule has 6 aromatic rings. The van der Waals surface area contributed by atoms with Gasteiger partial charge in [0.15, 0.2) is 23.3 Å². The first-order chi connectivity index (χ1) is 28.0. The molecule has 0 aliphatic heterocycles. The normalized spacial score (nSPS) is 15.5. The molecule has 2 nitrogen and oxygen atoms in total. The highest BCUT2D eigenvalue weighted by atomic mass is 79.9. The van der Waals surface area contributed by atoms with E-state index in [2.05, 4.69) is 84.4 Å². The van der Waals surface area contributed by atoms with Gasteiger partial charge in [-0.1, -0.05) is 128 Å². The fourth-order valence-corrected chi connectivity index (χ4v) is 8.47. The summed E-state index contributed by atoms with van der Waals surface area (Å²) in [5.41, 5.74) is 12.8. The molecule has 0 fully saturated rings. The predicted octanol–water partition coefficient (Wildman–Crippen LogP) is 12.2. The van der Waals surface area contributed by atoms with Crippen LogP contribution in [-0.2, 0) is 38.5 Å². The minimum Gasteiger partial charge on any atom is -0.423 e. The van der Waals surface area contributed by atoms with Gasteiger partial charge >= 0.3 is 7.12 Å². The van der Waals surface area contributed by atoms with Crippen LogP contribution < -0.4 is 5.46 Å². The van der Waals surface area contributed by atoms with E-state index in [0.29, 0.717) is 5.46 Å². The Kier molecular flexibility index (Phi) is 15.2. The monoisotopic (exact) mass is 848 g/mol. The Bertz CT molecular complexity index is 2280. The van der Waals surface area contributed by atoms with Gasteiger partial charge in [-0.15, -0.1) is 0 Å². The Balaban J connectivity index is 0.000000159. The van der Waals surface area contributed by atoms with Crippen LogP contribution in [0.2, 0.25) is 0 Å². The van der Waals surface area contributed by atoms with Crippen LogP contribution in [0, 0.1) is 23.3 Å². The summed E-state index contributed by atoms with van der Waals surface area (Å²) in [7, 11) is -1.35. The molecular weight excluding hydrogens is 799 g/mol. The first-order valence-corrected chi connectivity index (χ1v) is 21.1. The van der Waals surface area contributed by atoms with E-state index in [4.69, 9.17) is 10.0 Å². The summed E-state index contributed by atoms with van der Waals surface area (Å²) in [5, 5.41) is 17.6. The second-order valence-electron chi connectivity index (χ2n) is 15.4. The topological polar surface area (TPSA) is 40.5 Å². The van der Waals surface area contributed by atoms with Crippen LogP contribution in [0.1, 0.15) is 95.9 Å². The lowest BCUT2D eigenvalue weighted by Gasteiger charge is -2.25. The standard InChI is InChI=1S/C25H24F2.C16H13BrF2.C9H13BO2/c1-2-3-17-4-6-18(7-5-17)19-8-9-21-15-22(11-10-20(21)14-19)23-12-13-24(26)25(27)16-23;17-14-5-3-11-7-10(1-2-12(11)8-14)13-4-6-15(18)16(19)9-13;1-2-3-8-4-6-9(7-5-8)10(11)12/h4-9,12-14,16,22H,2-3,10-11,15H2,1H3;3-6,8-10H,1-2,7H2;4-7,11-12H,2-3H2,1H3. The summed E-state index contributed by atoms with van der Waals surface area (Å²) in [6.07, 6.45) is 10.1. The Morgan fingerprint density at radius 2 is 0.983 bits per heavy atom. The smallest absolute Gasteiger partial charge is 0.423 e. The van der Waals surface area contributed by atoms with Crippen LogP contribution in [0.5, 0.6) is 0 Å². The number of rotatable bonds is 8. The van der Waals surface area contributed by atoms with E-state index in [1.165, 1.54) is 68.8 Å². The molecule has 0 aromatic heterocycles. The molecule has 0 heterocycles. The highest BCUT2D eigenvalue weighted by molar-refractivity contribution is 9.10. The van der Waals surface area contributed by atoms with Crippen LogP contribution in [0.3, 0.4) is 0 Å². The molecule has 2 N–H and O–H groups in total. The van der Waals surface area contributed by atoms with E-state index in [1.54, 1.807) is 24.3 Å². The van der Waals surface area contributed by atoms with Crippen molar-refractivity contribution < 1.29 is 27.6 Å². The van der Waals surface area contributed by atoms with Gasteiger partial charge in [-0.25, -0.2) is 17.6 Å². The molecule has 300 valence electrons. The highest BCUT2D eigenvalue weighted by Gasteiger charge is 2.23. The van der Waals surface area contributed by atoms with Gasteiger partial charge < -0.3 is 10.0 Å². The fraction of sp³-hybridized carbons (Fsp3) is 0.280. The van der Waals surface area contributed by atoms with Gasteiger partial charge in [-0.05, 0) is 161 Å². The van der Waals surface area contributed by atoms with Crippen molar-refractivity contribution in [3.63, 3.8) is 0 Å². The van der Waals surface area contributed by atoms with E-state index in [0.717, 1.165) is 79.8 Å². The van der Waals surface area contributed by atoms with E-state index >= 15 is 0 Å². The highest BCUT2D eigenvalue weighted by Crippen LogP contribution is 2.36. The molecule has 58 heavy (non-hydrogen) atoms. The average molecular weight is 850 g/mol. The maximum atomic E-state index is 13.6. The third-order valence-electron chi connectivity index (χ3n) is 11.3. The lowest BCUT2D eigenvalue weighted by Crippen LogP contribution is -2.29. The Morgan fingerprint density at radius 1 is 0.517 bits per heavy atom. The van der Waals surface area contributed by atoms with Gasteiger partial charge in [0.25, 0.3) is 0 Å². The van der Waals surface area contributed by atoms with Gasteiger partial charge in [0.1, 0.15) is 0 Å². The molecule has 0 amide bonds. The molecule has 2 unspecified atom stereocenters. The summed E-state index contributed by atoms with van der Waals surface area (Å²) in [6, 6.07) is 37.8. The number of hydrogen-bond acceptors (Lipinski definition) is 2. The predicted molar refractivity (Wildman–Crippen MR) is 233 cm³/mol. The molecule has 2 aliphatic carbocycles. The quantitative estimate of drug-likeness (QED) is 0.118. The van der Waals surface area contributed by atoms with Crippen LogP contribution in [0.15, 0.2) is 126 Å². The molecule has 8 heteroatoms. The minimum absolute atomic E-state index is 0.256. The van der Waals surface area contributed by atoms with Gasteiger partial charge in [0.2, 0.25) is 0 Å². The van der Waals surface area contributed by atoms with Crippen molar-refractivity contribution in [1.29, 1.82) is 0 Å². The molecule has 0 saturated heterocycles. The molecule has 8 rings (SSSR count). The van der Waals surface area contributed by atoms with Crippen molar-refractivity contribution in [2.24, 2.45) is 0 Å². The van der Waals surface area contributed by atoms with Crippen molar-refractivity contribution in [1.82, 2.24) is 0 Å². The van der Waals surface area contributed by atoms with Crippen molar-refractivity contribution >= 4 is 28.5 Å². The van der Waals surface area contributed by atoms with Gasteiger partial charge in [0.05, 0.1) is 0 Å².